The lowest BCUT2D eigenvalue weighted by atomic mass is 9.97. The number of carbonyl (C=O) groups is 2. The summed E-state index contributed by atoms with van der Waals surface area (Å²) in [6.07, 6.45) is 5.01. The summed E-state index contributed by atoms with van der Waals surface area (Å²) in [6.45, 7) is 7.82. The topological polar surface area (TPSA) is 110 Å². The Hall–Kier alpha value is -3.16. The molecule has 0 spiro atoms. The number of nitrogens with zero attached hydrogens (tertiary/aromatic N) is 3. The van der Waals surface area contributed by atoms with Gasteiger partial charge in [-0.15, -0.1) is 0 Å². The SMILES string of the molecule is CC(C)(C)OC(=O)N1CCC(CNc2cnc(-c3ccc(C(N)=O)cc3)cn2)CC1. The fraction of sp³-hybridized carbons (Fsp3) is 0.455. The first-order valence-electron chi connectivity index (χ1n) is 10.2. The lowest BCUT2D eigenvalue weighted by Gasteiger charge is -2.33. The van der Waals surface area contributed by atoms with Gasteiger partial charge in [-0.2, -0.15) is 0 Å². The lowest BCUT2D eigenvalue weighted by molar-refractivity contribution is 0.0188. The highest BCUT2D eigenvalue weighted by Gasteiger charge is 2.26. The van der Waals surface area contributed by atoms with Gasteiger partial charge in [-0.05, 0) is 51.7 Å². The molecule has 0 saturated carbocycles. The van der Waals surface area contributed by atoms with Crippen molar-refractivity contribution < 1.29 is 14.3 Å². The zero-order valence-corrected chi connectivity index (χ0v) is 17.7. The molecule has 0 bridgehead atoms. The Morgan fingerprint density at radius 3 is 2.33 bits per heavy atom. The summed E-state index contributed by atoms with van der Waals surface area (Å²) in [5.74, 6) is 0.720. The van der Waals surface area contributed by atoms with Crippen LogP contribution in [0.15, 0.2) is 36.7 Å². The monoisotopic (exact) mass is 411 g/mol. The molecule has 2 heterocycles. The molecule has 1 aromatic heterocycles. The van der Waals surface area contributed by atoms with Crippen molar-refractivity contribution >= 4 is 17.8 Å². The van der Waals surface area contributed by atoms with Gasteiger partial charge in [-0.1, -0.05) is 12.1 Å². The number of rotatable bonds is 5. The minimum atomic E-state index is -0.468. The molecule has 0 unspecified atom stereocenters. The van der Waals surface area contributed by atoms with Gasteiger partial charge in [0, 0.05) is 30.8 Å². The Balaban J connectivity index is 1.47. The largest absolute Gasteiger partial charge is 0.444 e. The fourth-order valence-corrected chi connectivity index (χ4v) is 3.27. The lowest BCUT2D eigenvalue weighted by Crippen LogP contribution is -2.42. The van der Waals surface area contributed by atoms with E-state index in [0.717, 1.165) is 30.6 Å². The van der Waals surface area contributed by atoms with Gasteiger partial charge in [-0.25, -0.2) is 9.78 Å². The Kier molecular flexibility index (Phi) is 6.54. The number of hydrogen-bond donors (Lipinski definition) is 2. The van der Waals surface area contributed by atoms with Gasteiger partial charge in [0.2, 0.25) is 5.91 Å². The van der Waals surface area contributed by atoms with Crippen molar-refractivity contribution in [3.63, 3.8) is 0 Å². The van der Waals surface area contributed by atoms with Gasteiger partial charge in [0.05, 0.1) is 18.1 Å². The second-order valence-corrected chi connectivity index (χ2v) is 8.52. The van der Waals surface area contributed by atoms with E-state index in [9.17, 15) is 9.59 Å². The zero-order valence-electron chi connectivity index (χ0n) is 17.7. The summed E-state index contributed by atoms with van der Waals surface area (Å²) in [5.41, 5.74) is 6.85. The number of aromatic nitrogens is 2. The molecule has 8 heteroatoms. The van der Waals surface area contributed by atoms with Crippen LogP contribution in [0.3, 0.4) is 0 Å². The summed E-state index contributed by atoms with van der Waals surface area (Å²) >= 11 is 0. The smallest absolute Gasteiger partial charge is 0.410 e. The molecule has 30 heavy (non-hydrogen) atoms. The maximum absolute atomic E-state index is 12.1. The van der Waals surface area contributed by atoms with E-state index in [1.54, 1.807) is 41.6 Å². The number of benzene rings is 1. The van der Waals surface area contributed by atoms with E-state index in [1.807, 2.05) is 20.8 Å². The fourth-order valence-electron chi connectivity index (χ4n) is 3.27. The molecule has 0 aliphatic carbocycles. The molecule has 1 saturated heterocycles. The van der Waals surface area contributed by atoms with Gasteiger partial charge in [0.25, 0.3) is 0 Å². The number of ether oxygens (including phenoxy) is 1. The Bertz CT molecular complexity index is 867. The highest BCUT2D eigenvalue weighted by atomic mass is 16.6. The zero-order chi connectivity index (χ0) is 21.7. The van der Waals surface area contributed by atoms with E-state index in [0.29, 0.717) is 30.4 Å². The minimum Gasteiger partial charge on any atom is -0.444 e. The first-order valence-corrected chi connectivity index (χ1v) is 10.2. The van der Waals surface area contributed by atoms with Crippen LogP contribution in [0.5, 0.6) is 0 Å². The number of anilines is 1. The molecule has 2 amide bonds. The van der Waals surface area contributed by atoms with Crippen LogP contribution in [-0.4, -0.2) is 52.1 Å². The first-order chi connectivity index (χ1) is 14.2. The van der Waals surface area contributed by atoms with Crippen LogP contribution >= 0.6 is 0 Å². The van der Waals surface area contributed by atoms with Crippen molar-refractivity contribution in [2.24, 2.45) is 11.7 Å². The molecule has 0 atom stereocenters. The molecule has 0 radical (unpaired) electrons. The number of piperidine rings is 1. The maximum atomic E-state index is 12.1. The van der Waals surface area contributed by atoms with E-state index in [4.69, 9.17) is 10.5 Å². The van der Waals surface area contributed by atoms with E-state index in [1.165, 1.54) is 0 Å². The van der Waals surface area contributed by atoms with E-state index in [2.05, 4.69) is 15.3 Å². The summed E-state index contributed by atoms with van der Waals surface area (Å²) < 4.78 is 5.44. The third-order valence-electron chi connectivity index (χ3n) is 4.96. The summed E-state index contributed by atoms with van der Waals surface area (Å²) in [4.78, 5) is 34.0. The number of hydrogen-bond acceptors (Lipinski definition) is 6. The predicted octanol–water partition coefficient (Wildman–Crippen LogP) is 3.30. The predicted molar refractivity (Wildman–Crippen MR) is 115 cm³/mol. The Morgan fingerprint density at radius 2 is 1.80 bits per heavy atom. The summed E-state index contributed by atoms with van der Waals surface area (Å²) in [5, 5.41) is 3.33. The average Bonchev–Trinajstić information content (AvgIpc) is 2.72. The molecule has 8 nitrogen and oxygen atoms in total. The molecule has 160 valence electrons. The molecule has 1 aromatic carbocycles. The van der Waals surface area contributed by atoms with Crippen LogP contribution in [-0.2, 0) is 4.74 Å². The van der Waals surface area contributed by atoms with Crippen molar-refractivity contribution in [1.29, 1.82) is 0 Å². The second kappa shape index (κ2) is 9.11. The van der Waals surface area contributed by atoms with Crippen LogP contribution in [0.2, 0.25) is 0 Å². The number of nitrogens with two attached hydrogens (primary N) is 1. The molecule has 3 N–H and O–H groups in total. The third-order valence-corrected chi connectivity index (χ3v) is 4.96. The van der Waals surface area contributed by atoms with Crippen LogP contribution in [0.1, 0.15) is 44.0 Å². The van der Waals surface area contributed by atoms with Crippen molar-refractivity contribution in [3.8, 4) is 11.3 Å². The number of primary amides is 1. The van der Waals surface area contributed by atoms with E-state index in [-0.39, 0.29) is 6.09 Å². The third kappa shape index (κ3) is 5.92. The van der Waals surface area contributed by atoms with Crippen LogP contribution in [0.25, 0.3) is 11.3 Å². The Labute approximate surface area is 176 Å². The number of amides is 2. The van der Waals surface area contributed by atoms with Crippen LogP contribution < -0.4 is 11.1 Å². The molecular weight excluding hydrogens is 382 g/mol. The standard InChI is InChI=1S/C22H29N5O3/c1-22(2,3)30-21(29)27-10-8-15(9-11-27)12-25-19-14-24-18(13-26-19)16-4-6-17(7-5-16)20(23)28/h4-7,13-15H,8-12H2,1-3H3,(H2,23,28)(H,25,26). The molecular formula is C22H29N5O3. The summed E-state index contributed by atoms with van der Waals surface area (Å²) in [6, 6.07) is 6.95. The molecule has 1 aliphatic rings. The highest BCUT2D eigenvalue weighted by molar-refractivity contribution is 5.93. The van der Waals surface area contributed by atoms with Crippen molar-refractivity contribution in [2.45, 2.75) is 39.2 Å². The minimum absolute atomic E-state index is 0.237. The van der Waals surface area contributed by atoms with Crippen LogP contribution in [0.4, 0.5) is 10.6 Å². The molecule has 2 aromatic rings. The van der Waals surface area contributed by atoms with Gasteiger partial charge >= 0.3 is 6.09 Å². The van der Waals surface area contributed by atoms with Gasteiger partial charge in [0.1, 0.15) is 11.4 Å². The van der Waals surface area contributed by atoms with Crippen LogP contribution in [0, 0.1) is 5.92 Å². The highest BCUT2D eigenvalue weighted by Crippen LogP contribution is 2.21. The first kappa shape index (κ1) is 21.5. The van der Waals surface area contributed by atoms with Gasteiger partial charge < -0.3 is 20.7 Å². The number of nitrogens with one attached hydrogen (secondary N) is 1. The molecule has 1 aliphatic heterocycles. The average molecular weight is 412 g/mol. The van der Waals surface area contributed by atoms with E-state index < -0.39 is 11.5 Å². The second-order valence-electron chi connectivity index (χ2n) is 8.52. The molecule has 3 rings (SSSR count). The quantitative estimate of drug-likeness (QED) is 0.781. The van der Waals surface area contributed by atoms with Crippen molar-refractivity contribution in [3.05, 3.63) is 42.2 Å². The maximum Gasteiger partial charge on any atom is 0.410 e. The van der Waals surface area contributed by atoms with Gasteiger partial charge in [-0.3, -0.25) is 9.78 Å². The number of carbonyl (C=O) groups excluding carboxylic acids is 2. The Morgan fingerprint density at radius 1 is 1.13 bits per heavy atom. The van der Waals surface area contributed by atoms with Crippen molar-refractivity contribution in [1.82, 2.24) is 14.9 Å². The summed E-state index contributed by atoms with van der Waals surface area (Å²) in [7, 11) is 0. The molecule has 1 fully saturated rings. The van der Waals surface area contributed by atoms with Gasteiger partial charge in [0.15, 0.2) is 0 Å². The normalized spacial score (nSPS) is 15.0. The van der Waals surface area contributed by atoms with E-state index >= 15 is 0 Å². The van der Waals surface area contributed by atoms with Crippen molar-refractivity contribution in [2.75, 3.05) is 25.0 Å². The number of likely N-dealkylation sites (tertiary alicyclic amines) is 1.